The number of halogens is 3. The van der Waals surface area contributed by atoms with Crippen molar-refractivity contribution in [2.24, 2.45) is 10.2 Å². The molecule has 2 N–H and O–H groups in total. The monoisotopic (exact) mass is 286 g/mol. The Labute approximate surface area is 110 Å². The lowest BCUT2D eigenvalue weighted by Gasteiger charge is -2.05. The number of rotatable bonds is 2. The molecule has 0 aliphatic heterocycles. The number of hydrogen-bond acceptors (Lipinski definition) is 5. The first-order chi connectivity index (χ1) is 8.86. The number of nitrogen functional groups attached to an aromatic ring is 1. The maximum atomic E-state index is 12.4. The summed E-state index contributed by atoms with van der Waals surface area (Å²) in [6.45, 7) is 1.73. The van der Waals surface area contributed by atoms with E-state index in [2.05, 4.69) is 15.2 Å². The number of azo groups is 1. The first kappa shape index (κ1) is 13.5. The Bertz CT molecular complexity index is 601. The zero-order chi connectivity index (χ0) is 14.0. The molecule has 0 fully saturated rings. The number of benzene rings is 1. The molecular weight excluding hydrogens is 277 g/mol. The Kier molecular flexibility index (Phi) is 3.52. The summed E-state index contributed by atoms with van der Waals surface area (Å²) in [5.74, 6) is 0. The van der Waals surface area contributed by atoms with Crippen molar-refractivity contribution in [2.45, 2.75) is 13.1 Å². The summed E-state index contributed by atoms with van der Waals surface area (Å²) >= 11 is 1.17. The third kappa shape index (κ3) is 3.28. The molecule has 0 aliphatic rings. The van der Waals surface area contributed by atoms with Crippen LogP contribution in [0.15, 0.2) is 34.5 Å². The van der Waals surface area contributed by atoms with Crippen molar-refractivity contribution in [2.75, 3.05) is 5.73 Å². The molecule has 0 radical (unpaired) electrons. The van der Waals surface area contributed by atoms with Gasteiger partial charge in [-0.3, -0.25) is 0 Å². The summed E-state index contributed by atoms with van der Waals surface area (Å²) < 4.78 is 37.1. The van der Waals surface area contributed by atoms with Crippen LogP contribution in [-0.4, -0.2) is 4.98 Å². The Morgan fingerprint density at radius 3 is 2.26 bits per heavy atom. The van der Waals surface area contributed by atoms with Crippen molar-refractivity contribution >= 4 is 27.2 Å². The second-order valence-electron chi connectivity index (χ2n) is 3.69. The molecule has 1 aromatic heterocycles. The molecule has 0 amide bonds. The molecule has 1 aromatic carbocycles. The average Bonchev–Trinajstić information content (AvgIpc) is 2.65. The molecule has 1 heterocycles. The summed E-state index contributed by atoms with van der Waals surface area (Å²) in [6, 6.07) is 4.43. The van der Waals surface area contributed by atoms with Crippen molar-refractivity contribution in [3.05, 3.63) is 35.5 Å². The Morgan fingerprint density at radius 2 is 1.79 bits per heavy atom. The normalized spacial score (nSPS) is 12.2. The largest absolute Gasteiger partial charge is 0.416 e. The van der Waals surface area contributed by atoms with Crippen LogP contribution in [0.25, 0.3) is 0 Å². The number of aromatic nitrogens is 1. The van der Waals surface area contributed by atoms with Gasteiger partial charge in [-0.05, 0) is 31.2 Å². The number of anilines is 1. The van der Waals surface area contributed by atoms with Gasteiger partial charge in [0, 0.05) is 0 Å². The molecule has 0 atom stereocenters. The lowest BCUT2D eigenvalue weighted by atomic mass is 10.2. The molecule has 19 heavy (non-hydrogen) atoms. The summed E-state index contributed by atoms with van der Waals surface area (Å²) in [5.41, 5.74) is 5.75. The zero-order valence-electron chi connectivity index (χ0n) is 9.77. The highest BCUT2D eigenvalue weighted by atomic mass is 32.1. The molecule has 100 valence electrons. The third-order valence-corrected chi connectivity index (χ3v) is 3.11. The Balaban J connectivity index is 2.18. The zero-order valence-corrected chi connectivity index (χ0v) is 10.6. The third-order valence-electron chi connectivity index (χ3n) is 2.24. The minimum absolute atomic E-state index is 0.333. The molecular formula is C11H9F3N4S. The minimum Gasteiger partial charge on any atom is -0.375 e. The van der Waals surface area contributed by atoms with E-state index in [1.807, 2.05) is 0 Å². The summed E-state index contributed by atoms with van der Waals surface area (Å²) in [7, 11) is 0. The summed E-state index contributed by atoms with van der Waals surface area (Å²) in [5, 5.41) is 8.67. The van der Waals surface area contributed by atoms with Gasteiger partial charge in [0.25, 0.3) is 0 Å². The number of aryl methyl sites for hydroxylation is 1. The first-order valence-corrected chi connectivity index (χ1v) is 6.00. The summed E-state index contributed by atoms with van der Waals surface area (Å²) in [6.07, 6.45) is -4.35. The Morgan fingerprint density at radius 1 is 1.16 bits per heavy atom. The fourth-order valence-electron chi connectivity index (χ4n) is 1.32. The molecule has 2 rings (SSSR count). The number of thiazole rings is 1. The van der Waals surface area contributed by atoms with Gasteiger partial charge in [0.1, 0.15) is 0 Å². The number of hydrogen-bond donors (Lipinski definition) is 1. The van der Waals surface area contributed by atoms with Gasteiger partial charge in [0.05, 0.1) is 16.9 Å². The van der Waals surface area contributed by atoms with Crippen LogP contribution in [0.5, 0.6) is 0 Å². The van der Waals surface area contributed by atoms with Crippen LogP contribution >= 0.6 is 11.3 Å². The molecule has 0 bridgehead atoms. The molecule has 0 spiro atoms. The highest BCUT2D eigenvalue weighted by Gasteiger charge is 2.29. The SMILES string of the molecule is Cc1nc(N)sc1N=Nc1ccc(C(F)(F)F)cc1. The van der Waals surface area contributed by atoms with Crippen LogP contribution in [-0.2, 0) is 6.18 Å². The fraction of sp³-hybridized carbons (Fsp3) is 0.182. The highest BCUT2D eigenvalue weighted by Crippen LogP contribution is 2.32. The molecule has 2 aromatic rings. The van der Waals surface area contributed by atoms with Gasteiger partial charge in [-0.15, -0.1) is 10.2 Å². The van der Waals surface area contributed by atoms with Gasteiger partial charge < -0.3 is 5.73 Å². The number of alkyl halides is 3. The van der Waals surface area contributed by atoms with E-state index in [0.717, 1.165) is 12.1 Å². The van der Waals surface area contributed by atoms with Crippen molar-refractivity contribution in [1.82, 2.24) is 4.98 Å². The van der Waals surface area contributed by atoms with Crippen LogP contribution < -0.4 is 5.73 Å². The standard InChI is InChI=1S/C11H9F3N4S/c1-6-9(19-10(15)16-6)18-17-8-4-2-7(3-5-8)11(12,13)14/h2-5H,1H3,(H2,15,16). The van der Waals surface area contributed by atoms with E-state index in [1.165, 1.54) is 23.5 Å². The lowest BCUT2D eigenvalue weighted by Crippen LogP contribution is -2.03. The lowest BCUT2D eigenvalue weighted by molar-refractivity contribution is -0.137. The predicted molar refractivity (Wildman–Crippen MR) is 66.9 cm³/mol. The second kappa shape index (κ2) is 4.96. The van der Waals surface area contributed by atoms with Crippen LogP contribution in [0.4, 0.5) is 29.0 Å². The maximum absolute atomic E-state index is 12.4. The van der Waals surface area contributed by atoms with Gasteiger partial charge in [-0.2, -0.15) is 13.2 Å². The van der Waals surface area contributed by atoms with Crippen LogP contribution in [0, 0.1) is 6.92 Å². The molecule has 0 unspecified atom stereocenters. The van der Waals surface area contributed by atoms with Crippen LogP contribution in [0.1, 0.15) is 11.3 Å². The highest BCUT2D eigenvalue weighted by molar-refractivity contribution is 7.19. The maximum Gasteiger partial charge on any atom is 0.416 e. The smallest absolute Gasteiger partial charge is 0.375 e. The van der Waals surface area contributed by atoms with Crippen molar-refractivity contribution in [1.29, 1.82) is 0 Å². The van der Waals surface area contributed by atoms with Gasteiger partial charge in [0.2, 0.25) is 0 Å². The number of nitrogens with zero attached hydrogens (tertiary/aromatic N) is 3. The second-order valence-corrected chi connectivity index (χ2v) is 4.70. The molecule has 0 saturated carbocycles. The van der Waals surface area contributed by atoms with Crippen molar-refractivity contribution in [3.63, 3.8) is 0 Å². The summed E-state index contributed by atoms with van der Waals surface area (Å²) in [4.78, 5) is 3.96. The van der Waals surface area contributed by atoms with Gasteiger partial charge in [-0.1, -0.05) is 11.3 Å². The Hall–Kier alpha value is -1.96. The van der Waals surface area contributed by atoms with E-state index in [1.54, 1.807) is 6.92 Å². The van der Waals surface area contributed by atoms with Gasteiger partial charge in [0.15, 0.2) is 10.1 Å². The van der Waals surface area contributed by atoms with Crippen molar-refractivity contribution < 1.29 is 13.2 Å². The number of nitrogens with two attached hydrogens (primary N) is 1. The molecule has 8 heteroatoms. The van der Waals surface area contributed by atoms with E-state index >= 15 is 0 Å². The van der Waals surface area contributed by atoms with Crippen LogP contribution in [0.3, 0.4) is 0 Å². The van der Waals surface area contributed by atoms with Crippen molar-refractivity contribution in [3.8, 4) is 0 Å². The quantitative estimate of drug-likeness (QED) is 0.828. The van der Waals surface area contributed by atoms with E-state index in [-0.39, 0.29) is 0 Å². The van der Waals surface area contributed by atoms with E-state index in [0.29, 0.717) is 21.5 Å². The van der Waals surface area contributed by atoms with Gasteiger partial charge in [-0.25, -0.2) is 4.98 Å². The fourth-order valence-corrected chi connectivity index (χ4v) is 1.98. The first-order valence-electron chi connectivity index (χ1n) is 5.18. The molecule has 4 nitrogen and oxygen atoms in total. The molecule has 0 saturated heterocycles. The van der Waals surface area contributed by atoms with E-state index < -0.39 is 11.7 Å². The van der Waals surface area contributed by atoms with E-state index in [4.69, 9.17) is 5.73 Å². The molecule has 0 aliphatic carbocycles. The van der Waals surface area contributed by atoms with E-state index in [9.17, 15) is 13.2 Å². The van der Waals surface area contributed by atoms with Gasteiger partial charge >= 0.3 is 6.18 Å². The minimum atomic E-state index is -4.35. The average molecular weight is 286 g/mol. The topological polar surface area (TPSA) is 63.6 Å². The predicted octanol–water partition coefficient (Wildman–Crippen LogP) is 4.47. The van der Waals surface area contributed by atoms with Crippen LogP contribution in [0.2, 0.25) is 0 Å².